The normalized spacial score (nSPS) is 24.4. The molecule has 2 atom stereocenters. The lowest BCUT2D eigenvalue weighted by atomic mass is 9.70. The van der Waals surface area contributed by atoms with Crippen molar-refractivity contribution in [3.05, 3.63) is 59.7 Å². The number of carbonyl (C=O) groups excluding carboxylic acids is 2. The van der Waals surface area contributed by atoms with Crippen molar-refractivity contribution in [2.75, 3.05) is 13.2 Å². The number of fused-ring (bicyclic) bond motifs is 3. The molecular formula is C21H18O6. The van der Waals surface area contributed by atoms with E-state index in [4.69, 9.17) is 18.9 Å². The van der Waals surface area contributed by atoms with Gasteiger partial charge in [0.25, 0.3) is 0 Å². The van der Waals surface area contributed by atoms with Crippen LogP contribution in [0.2, 0.25) is 0 Å². The van der Waals surface area contributed by atoms with E-state index < -0.39 is 17.7 Å². The van der Waals surface area contributed by atoms with Gasteiger partial charge in [0.05, 0.1) is 0 Å². The average molecular weight is 366 g/mol. The van der Waals surface area contributed by atoms with E-state index in [2.05, 4.69) is 24.3 Å². The topological polar surface area (TPSA) is 71.1 Å². The molecule has 2 aromatic carbocycles. The summed E-state index contributed by atoms with van der Waals surface area (Å²) in [5, 5.41) is 0. The molecular weight excluding hydrogens is 348 g/mol. The maximum absolute atomic E-state index is 11.5. The molecule has 6 nitrogen and oxygen atoms in total. The molecule has 0 N–H and O–H groups in total. The van der Waals surface area contributed by atoms with Gasteiger partial charge in [-0.3, -0.25) is 0 Å². The zero-order valence-electron chi connectivity index (χ0n) is 14.6. The Labute approximate surface area is 156 Å². The second kappa shape index (κ2) is 6.01. The smallest absolute Gasteiger partial charge is 0.430 e. The molecule has 2 aromatic rings. The fourth-order valence-corrected chi connectivity index (χ4v) is 4.65. The van der Waals surface area contributed by atoms with Gasteiger partial charge in [-0.1, -0.05) is 48.5 Å². The Morgan fingerprint density at radius 1 is 0.741 bits per heavy atom. The number of rotatable bonds is 4. The Bertz CT molecular complexity index is 845. The van der Waals surface area contributed by atoms with E-state index in [9.17, 15) is 9.59 Å². The maximum Gasteiger partial charge on any atom is 0.508 e. The van der Waals surface area contributed by atoms with Gasteiger partial charge in [0.15, 0.2) is 0 Å². The van der Waals surface area contributed by atoms with Crippen molar-refractivity contribution in [2.45, 2.75) is 30.5 Å². The van der Waals surface area contributed by atoms with Crippen molar-refractivity contribution in [3.8, 4) is 11.1 Å². The van der Waals surface area contributed by atoms with Gasteiger partial charge in [0.1, 0.15) is 25.4 Å². The lowest BCUT2D eigenvalue weighted by Gasteiger charge is -2.34. The predicted octanol–water partition coefficient (Wildman–Crippen LogP) is 3.80. The summed E-state index contributed by atoms with van der Waals surface area (Å²) in [6.07, 6.45) is -0.859. The fourth-order valence-electron chi connectivity index (χ4n) is 4.65. The molecule has 0 aromatic heterocycles. The molecule has 2 saturated heterocycles. The quantitative estimate of drug-likeness (QED) is 0.767. The van der Waals surface area contributed by atoms with E-state index in [0.29, 0.717) is 12.8 Å². The van der Waals surface area contributed by atoms with Crippen molar-refractivity contribution in [3.63, 3.8) is 0 Å². The Hall–Kier alpha value is -3.02. The van der Waals surface area contributed by atoms with E-state index in [1.54, 1.807) is 0 Å². The van der Waals surface area contributed by atoms with Crippen LogP contribution in [0.15, 0.2) is 48.5 Å². The van der Waals surface area contributed by atoms with Gasteiger partial charge in [0, 0.05) is 18.3 Å². The molecule has 2 fully saturated rings. The van der Waals surface area contributed by atoms with Crippen LogP contribution in [-0.4, -0.2) is 37.7 Å². The molecule has 27 heavy (non-hydrogen) atoms. The molecule has 0 spiro atoms. The zero-order valence-corrected chi connectivity index (χ0v) is 14.6. The standard InChI is InChI=1S/C21H18O6/c22-19-24-11-13(26-19)9-21(10-14-12-25-20(23)27-14)17-7-3-1-5-15(17)16-6-2-4-8-18(16)21/h1-8,13-14H,9-12H2. The first kappa shape index (κ1) is 16.2. The van der Waals surface area contributed by atoms with Crippen LogP contribution >= 0.6 is 0 Å². The predicted molar refractivity (Wildman–Crippen MR) is 94.3 cm³/mol. The maximum atomic E-state index is 11.5. The molecule has 5 rings (SSSR count). The molecule has 0 saturated carbocycles. The molecule has 138 valence electrons. The first-order valence-corrected chi connectivity index (χ1v) is 9.02. The molecule has 6 heteroatoms. The highest BCUT2D eigenvalue weighted by Crippen LogP contribution is 2.54. The molecule has 0 amide bonds. The average Bonchev–Trinajstić information content (AvgIpc) is 3.35. The summed E-state index contributed by atoms with van der Waals surface area (Å²) < 4.78 is 20.8. The van der Waals surface area contributed by atoms with Crippen LogP contribution in [0.5, 0.6) is 0 Å². The van der Waals surface area contributed by atoms with Gasteiger partial charge in [0.2, 0.25) is 0 Å². The van der Waals surface area contributed by atoms with Crippen LogP contribution in [0.25, 0.3) is 11.1 Å². The third-order valence-corrected chi connectivity index (χ3v) is 5.63. The van der Waals surface area contributed by atoms with Crippen LogP contribution in [0.1, 0.15) is 24.0 Å². The van der Waals surface area contributed by atoms with Crippen molar-refractivity contribution in [1.29, 1.82) is 0 Å². The molecule has 3 aliphatic rings. The number of hydrogen-bond donors (Lipinski definition) is 0. The first-order chi connectivity index (χ1) is 13.2. The van der Waals surface area contributed by atoms with Gasteiger partial charge < -0.3 is 18.9 Å². The number of hydrogen-bond acceptors (Lipinski definition) is 6. The van der Waals surface area contributed by atoms with Gasteiger partial charge in [-0.2, -0.15) is 0 Å². The van der Waals surface area contributed by atoms with E-state index in [1.165, 1.54) is 0 Å². The molecule has 0 radical (unpaired) electrons. The summed E-state index contributed by atoms with van der Waals surface area (Å²) in [6, 6.07) is 16.5. The Morgan fingerprint density at radius 2 is 1.19 bits per heavy atom. The number of carbonyl (C=O) groups is 2. The fraction of sp³-hybridized carbons (Fsp3) is 0.333. The third-order valence-electron chi connectivity index (χ3n) is 5.63. The van der Waals surface area contributed by atoms with Crippen LogP contribution < -0.4 is 0 Å². The molecule has 2 aliphatic heterocycles. The minimum Gasteiger partial charge on any atom is -0.430 e. The molecule has 2 unspecified atom stereocenters. The van der Waals surface area contributed by atoms with Gasteiger partial charge in [-0.25, -0.2) is 9.59 Å². The van der Waals surface area contributed by atoms with Crippen LogP contribution in [0, 0.1) is 0 Å². The molecule has 2 heterocycles. The number of cyclic esters (lactones) is 4. The van der Waals surface area contributed by atoms with Gasteiger partial charge in [-0.05, 0) is 22.3 Å². The lowest BCUT2D eigenvalue weighted by molar-refractivity contribution is 0.0951. The van der Waals surface area contributed by atoms with Crippen LogP contribution in [0.4, 0.5) is 9.59 Å². The van der Waals surface area contributed by atoms with Crippen molar-refractivity contribution < 1.29 is 28.5 Å². The summed E-state index contributed by atoms with van der Waals surface area (Å²) in [6.45, 7) is 0.456. The Balaban J connectivity index is 1.63. The minimum atomic E-state index is -0.634. The van der Waals surface area contributed by atoms with Crippen molar-refractivity contribution in [1.82, 2.24) is 0 Å². The SMILES string of the molecule is O=C1OCC(CC2(CC3COC(=O)O3)c3ccccc3-c3ccccc32)O1. The zero-order chi connectivity index (χ0) is 18.4. The highest BCUT2D eigenvalue weighted by atomic mass is 16.8. The summed E-state index contributed by atoms with van der Waals surface area (Å²) in [4.78, 5) is 23.0. The minimum absolute atomic E-state index is 0.228. The van der Waals surface area contributed by atoms with E-state index in [1.807, 2.05) is 24.3 Å². The van der Waals surface area contributed by atoms with Crippen LogP contribution in [-0.2, 0) is 24.4 Å². The second-order valence-electron chi connectivity index (χ2n) is 7.18. The largest absolute Gasteiger partial charge is 0.508 e. The van der Waals surface area contributed by atoms with Gasteiger partial charge in [-0.15, -0.1) is 0 Å². The second-order valence-corrected chi connectivity index (χ2v) is 7.18. The number of benzene rings is 2. The Kier molecular flexibility index (Phi) is 3.60. The van der Waals surface area contributed by atoms with E-state index in [0.717, 1.165) is 22.3 Å². The molecule has 0 bridgehead atoms. The van der Waals surface area contributed by atoms with Crippen molar-refractivity contribution >= 4 is 12.3 Å². The summed E-state index contributed by atoms with van der Waals surface area (Å²) in [7, 11) is 0. The lowest BCUT2D eigenvalue weighted by Crippen LogP contribution is -2.36. The van der Waals surface area contributed by atoms with E-state index in [-0.39, 0.29) is 25.4 Å². The molecule has 1 aliphatic carbocycles. The summed E-state index contributed by atoms with van der Waals surface area (Å²) in [5.41, 5.74) is 4.16. The Morgan fingerprint density at radius 3 is 1.59 bits per heavy atom. The van der Waals surface area contributed by atoms with Crippen LogP contribution in [0.3, 0.4) is 0 Å². The highest BCUT2D eigenvalue weighted by Gasteiger charge is 2.49. The first-order valence-electron chi connectivity index (χ1n) is 9.02. The monoisotopic (exact) mass is 366 g/mol. The summed E-state index contributed by atoms with van der Waals surface area (Å²) in [5.74, 6) is 0. The van der Waals surface area contributed by atoms with Gasteiger partial charge >= 0.3 is 12.3 Å². The number of ether oxygens (including phenoxy) is 4. The summed E-state index contributed by atoms with van der Waals surface area (Å²) >= 11 is 0. The third kappa shape index (κ3) is 2.55. The highest BCUT2D eigenvalue weighted by molar-refractivity contribution is 5.81. The van der Waals surface area contributed by atoms with E-state index >= 15 is 0 Å². The van der Waals surface area contributed by atoms with Crippen molar-refractivity contribution in [2.24, 2.45) is 0 Å².